The van der Waals surface area contributed by atoms with Crippen LogP contribution in [0.2, 0.25) is 0 Å². The third-order valence-corrected chi connectivity index (χ3v) is 1.12. The van der Waals surface area contributed by atoms with Crippen molar-refractivity contribution in [1.82, 2.24) is 0 Å². The van der Waals surface area contributed by atoms with Crippen LogP contribution in [0.1, 0.15) is 0 Å². The molecule has 0 heterocycles. The van der Waals surface area contributed by atoms with Gasteiger partial charge in [-0.2, -0.15) is 0 Å². The standard InChI is InChI=1S/C7H5FO4/c8-4-1-2-6(5(9)3-4)12-7(10)11/h1-3,9H,(H,10,11). The van der Waals surface area contributed by atoms with E-state index in [1.54, 1.807) is 0 Å². The Balaban J connectivity index is 2.93. The number of benzene rings is 1. The van der Waals surface area contributed by atoms with Gasteiger partial charge in [0.15, 0.2) is 11.5 Å². The van der Waals surface area contributed by atoms with Crippen molar-refractivity contribution in [3.05, 3.63) is 24.0 Å². The van der Waals surface area contributed by atoms with E-state index in [1.165, 1.54) is 0 Å². The molecule has 0 aromatic heterocycles. The maximum Gasteiger partial charge on any atom is 0.511 e. The molecule has 2 N–H and O–H groups in total. The van der Waals surface area contributed by atoms with Crippen LogP contribution in [0.4, 0.5) is 9.18 Å². The molecule has 0 atom stereocenters. The highest BCUT2D eigenvalue weighted by Gasteiger charge is 2.06. The average molecular weight is 172 g/mol. The zero-order valence-corrected chi connectivity index (χ0v) is 5.82. The first-order chi connectivity index (χ1) is 5.59. The average Bonchev–Trinajstić information content (AvgIpc) is 1.94. The smallest absolute Gasteiger partial charge is 0.504 e. The molecule has 1 aromatic carbocycles. The summed E-state index contributed by atoms with van der Waals surface area (Å²) in [6.45, 7) is 0. The summed E-state index contributed by atoms with van der Waals surface area (Å²) in [4.78, 5) is 9.98. The number of carbonyl (C=O) groups is 1. The van der Waals surface area contributed by atoms with Gasteiger partial charge in [0.1, 0.15) is 5.82 Å². The Labute approximate surface area is 66.8 Å². The van der Waals surface area contributed by atoms with Crippen molar-refractivity contribution in [3.63, 3.8) is 0 Å². The fraction of sp³-hybridized carbons (Fsp3) is 0. The number of hydrogen-bond donors (Lipinski definition) is 2. The lowest BCUT2D eigenvalue weighted by Gasteiger charge is -2.01. The highest BCUT2D eigenvalue weighted by Crippen LogP contribution is 2.25. The molecule has 5 heteroatoms. The third kappa shape index (κ3) is 1.85. The van der Waals surface area contributed by atoms with Crippen LogP contribution >= 0.6 is 0 Å². The molecular weight excluding hydrogens is 167 g/mol. The predicted octanol–water partition coefficient (Wildman–Crippen LogP) is 1.59. The summed E-state index contributed by atoms with van der Waals surface area (Å²) < 4.78 is 16.4. The number of phenols is 1. The van der Waals surface area contributed by atoms with Crippen LogP contribution in [-0.4, -0.2) is 16.4 Å². The molecule has 0 radical (unpaired) electrons. The van der Waals surface area contributed by atoms with Gasteiger partial charge in [0.25, 0.3) is 0 Å². The Morgan fingerprint density at radius 2 is 2.17 bits per heavy atom. The molecule has 0 aliphatic rings. The van der Waals surface area contributed by atoms with Gasteiger partial charge in [0, 0.05) is 6.07 Å². The summed E-state index contributed by atoms with van der Waals surface area (Å²) in [5.74, 6) is -1.49. The second-order valence-corrected chi connectivity index (χ2v) is 1.98. The van der Waals surface area contributed by atoms with E-state index in [0.717, 1.165) is 18.2 Å². The lowest BCUT2D eigenvalue weighted by atomic mass is 10.3. The van der Waals surface area contributed by atoms with Crippen molar-refractivity contribution < 1.29 is 24.1 Å². The summed E-state index contributed by atoms with van der Waals surface area (Å²) in [6.07, 6.45) is -1.56. The molecule has 4 nitrogen and oxygen atoms in total. The highest BCUT2D eigenvalue weighted by molar-refractivity contribution is 5.62. The van der Waals surface area contributed by atoms with E-state index < -0.39 is 17.7 Å². The summed E-state index contributed by atoms with van der Waals surface area (Å²) in [5.41, 5.74) is 0. The number of halogens is 1. The zero-order chi connectivity index (χ0) is 9.14. The molecule has 1 aromatic rings. The Morgan fingerprint density at radius 3 is 2.67 bits per heavy atom. The minimum atomic E-state index is -1.56. The molecule has 0 aliphatic heterocycles. The van der Waals surface area contributed by atoms with Crippen molar-refractivity contribution in [3.8, 4) is 11.5 Å². The van der Waals surface area contributed by atoms with Gasteiger partial charge in [-0.3, -0.25) is 0 Å². The molecule has 12 heavy (non-hydrogen) atoms. The monoisotopic (exact) mass is 172 g/mol. The van der Waals surface area contributed by atoms with Crippen LogP contribution in [0.3, 0.4) is 0 Å². The van der Waals surface area contributed by atoms with Crippen molar-refractivity contribution in [2.24, 2.45) is 0 Å². The molecule has 0 saturated carbocycles. The topological polar surface area (TPSA) is 66.8 Å². The second-order valence-electron chi connectivity index (χ2n) is 1.98. The Kier molecular flexibility index (Phi) is 2.14. The molecule has 0 fully saturated rings. The van der Waals surface area contributed by atoms with Crippen LogP contribution < -0.4 is 4.74 Å². The highest BCUT2D eigenvalue weighted by atomic mass is 19.1. The van der Waals surface area contributed by atoms with Crippen molar-refractivity contribution in [2.45, 2.75) is 0 Å². The van der Waals surface area contributed by atoms with Crippen molar-refractivity contribution in [1.29, 1.82) is 0 Å². The summed E-state index contributed by atoms with van der Waals surface area (Å²) >= 11 is 0. The van der Waals surface area contributed by atoms with E-state index in [1.807, 2.05) is 0 Å². The molecule has 64 valence electrons. The van der Waals surface area contributed by atoms with Crippen LogP contribution in [0, 0.1) is 5.82 Å². The van der Waals surface area contributed by atoms with E-state index in [9.17, 15) is 9.18 Å². The summed E-state index contributed by atoms with van der Waals surface area (Å²) in [6, 6.07) is 2.77. The molecular formula is C7H5FO4. The number of phenolic OH excluding ortho intramolecular Hbond substituents is 1. The minimum absolute atomic E-state index is 0.288. The van der Waals surface area contributed by atoms with E-state index in [2.05, 4.69) is 4.74 Å². The lowest BCUT2D eigenvalue weighted by Crippen LogP contribution is -2.02. The summed E-state index contributed by atoms with van der Waals surface area (Å²) in [5, 5.41) is 17.0. The Morgan fingerprint density at radius 1 is 1.50 bits per heavy atom. The normalized spacial score (nSPS) is 9.42. The number of carboxylic acid groups (broad SMARTS) is 1. The molecule has 0 bridgehead atoms. The first-order valence-corrected chi connectivity index (χ1v) is 2.99. The zero-order valence-electron chi connectivity index (χ0n) is 5.82. The number of aromatic hydroxyl groups is 1. The maximum absolute atomic E-state index is 12.3. The maximum atomic E-state index is 12.3. The molecule has 0 amide bonds. The van der Waals surface area contributed by atoms with Crippen LogP contribution in [0.5, 0.6) is 11.5 Å². The van der Waals surface area contributed by atoms with Crippen LogP contribution in [0.25, 0.3) is 0 Å². The van der Waals surface area contributed by atoms with E-state index in [4.69, 9.17) is 10.2 Å². The van der Waals surface area contributed by atoms with Gasteiger partial charge in [-0.1, -0.05) is 0 Å². The molecule has 0 spiro atoms. The Hall–Kier alpha value is -1.78. The van der Waals surface area contributed by atoms with E-state index >= 15 is 0 Å². The van der Waals surface area contributed by atoms with Gasteiger partial charge in [0.05, 0.1) is 0 Å². The third-order valence-electron chi connectivity index (χ3n) is 1.12. The van der Waals surface area contributed by atoms with Gasteiger partial charge in [-0.05, 0) is 12.1 Å². The largest absolute Gasteiger partial charge is 0.511 e. The molecule has 0 aliphatic carbocycles. The molecule has 1 rings (SSSR count). The minimum Gasteiger partial charge on any atom is -0.504 e. The predicted molar refractivity (Wildman–Crippen MR) is 36.7 cm³/mol. The van der Waals surface area contributed by atoms with Crippen molar-refractivity contribution >= 4 is 6.16 Å². The van der Waals surface area contributed by atoms with Crippen LogP contribution in [0.15, 0.2) is 18.2 Å². The second kappa shape index (κ2) is 3.08. The van der Waals surface area contributed by atoms with Gasteiger partial charge in [0.2, 0.25) is 0 Å². The molecule has 0 saturated heterocycles. The number of hydrogen-bond acceptors (Lipinski definition) is 3. The van der Waals surface area contributed by atoms with Crippen molar-refractivity contribution in [2.75, 3.05) is 0 Å². The fourth-order valence-electron chi connectivity index (χ4n) is 0.671. The number of rotatable bonds is 1. The first-order valence-electron chi connectivity index (χ1n) is 2.99. The van der Waals surface area contributed by atoms with Crippen LogP contribution in [-0.2, 0) is 0 Å². The SMILES string of the molecule is O=C(O)Oc1ccc(F)cc1O. The quantitative estimate of drug-likeness (QED) is 0.498. The lowest BCUT2D eigenvalue weighted by molar-refractivity contribution is 0.143. The first kappa shape index (κ1) is 8.32. The van der Waals surface area contributed by atoms with E-state index in [0.29, 0.717) is 0 Å². The molecule has 0 unspecified atom stereocenters. The van der Waals surface area contributed by atoms with Gasteiger partial charge < -0.3 is 14.9 Å². The fourth-order valence-corrected chi connectivity index (χ4v) is 0.671. The Bertz CT molecular complexity index is 310. The van der Waals surface area contributed by atoms with Gasteiger partial charge in [-0.25, -0.2) is 9.18 Å². The van der Waals surface area contributed by atoms with Gasteiger partial charge >= 0.3 is 6.16 Å². The number of ether oxygens (including phenoxy) is 1. The van der Waals surface area contributed by atoms with Gasteiger partial charge in [-0.15, -0.1) is 0 Å². The summed E-state index contributed by atoms with van der Waals surface area (Å²) in [7, 11) is 0. The van der Waals surface area contributed by atoms with E-state index in [-0.39, 0.29) is 5.75 Å².